The number of alkyl halides is 2. The molecule has 12 heteroatoms. The summed E-state index contributed by atoms with van der Waals surface area (Å²) in [5.74, 6) is 0.415. The van der Waals surface area contributed by atoms with E-state index in [4.69, 9.17) is 4.74 Å². The van der Waals surface area contributed by atoms with Gasteiger partial charge in [0.15, 0.2) is 0 Å². The zero-order valence-electron chi connectivity index (χ0n) is 23.2. The summed E-state index contributed by atoms with van der Waals surface area (Å²) in [7, 11) is 1.57. The van der Waals surface area contributed by atoms with Crippen molar-refractivity contribution >= 4 is 22.4 Å². The van der Waals surface area contributed by atoms with Crippen LogP contribution in [0.5, 0.6) is 5.75 Å². The average Bonchev–Trinajstić information content (AvgIpc) is 3.43. The van der Waals surface area contributed by atoms with E-state index in [9.17, 15) is 13.6 Å². The van der Waals surface area contributed by atoms with Gasteiger partial charge in [-0.15, -0.1) is 0 Å². The minimum Gasteiger partial charge on any atom is -0.494 e. The second-order valence-corrected chi connectivity index (χ2v) is 8.89. The van der Waals surface area contributed by atoms with E-state index in [-0.39, 0.29) is 42.8 Å². The molecular weight excluding hydrogens is 762 g/mol. The van der Waals surface area contributed by atoms with Gasteiger partial charge in [-0.2, -0.15) is 32.9 Å². The van der Waals surface area contributed by atoms with Crippen LogP contribution >= 0.6 is 11.3 Å². The van der Waals surface area contributed by atoms with Gasteiger partial charge < -0.3 is 14.8 Å². The third-order valence-electron chi connectivity index (χ3n) is 5.38. The number of carbonyl (C=O) groups is 1. The first-order valence-electron chi connectivity index (χ1n) is 11.9. The first kappa shape index (κ1) is 35.0. The van der Waals surface area contributed by atoms with Crippen LogP contribution in [0, 0.1) is 57.4 Å². The van der Waals surface area contributed by atoms with Gasteiger partial charge in [0.05, 0.1) is 24.0 Å². The van der Waals surface area contributed by atoms with Crippen molar-refractivity contribution in [2.75, 3.05) is 12.4 Å². The van der Waals surface area contributed by atoms with Crippen LogP contribution in [0.3, 0.4) is 0 Å². The molecule has 3 rings (SSSR count). The van der Waals surface area contributed by atoms with E-state index in [0.29, 0.717) is 16.4 Å². The Kier molecular flexibility index (Phi) is 15.4. The van der Waals surface area contributed by atoms with Crippen LogP contribution in [0.15, 0.2) is 59.7 Å². The Bertz CT molecular complexity index is 1350. The standard InChI is InChI=1S/C16H14N5O2S.C12H17F2O.U/c1-9-4-11(12-5-10(2)18-7-14(12)23-3)13(6-17-9)15(22)20-16-21-19-8-24-16;1-5-9(3)10(4)7-8-11(6-2)15-12(13)14;/h4-7H,1-3H3,(H,20,21,22);6-8,12H,4-5H2,1-3H3;/q2*-1;+2/b;8-7-,10-9-,11-6+;. The van der Waals surface area contributed by atoms with Gasteiger partial charge in [-0.1, -0.05) is 31.9 Å². The average molecular weight is 794 g/mol. The number of aryl methyl sites for hydroxylation is 2. The van der Waals surface area contributed by atoms with Crippen molar-refractivity contribution in [3.8, 4) is 16.9 Å². The van der Waals surface area contributed by atoms with Crippen LogP contribution in [-0.2, 0) is 4.74 Å². The molecule has 8 nitrogen and oxygen atoms in total. The number of nitrogens with zero attached hydrogens (tertiary/aromatic N) is 4. The number of pyridine rings is 2. The number of methoxy groups -OCH3 is 1. The summed E-state index contributed by atoms with van der Waals surface area (Å²) in [4.78, 5) is 21.1. The number of ether oxygens (including phenoxy) is 2. The van der Waals surface area contributed by atoms with Crippen LogP contribution in [0.1, 0.15) is 48.9 Å². The molecule has 3 aromatic heterocycles. The maximum Gasteiger partial charge on any atom is 2.00 e. The molecule has 210 valence electrons. The Hall–Kier alpha value is -3.07. The van der Waals surface area contributed by atoms with Gasteiger partial charge in [0.2, 0.25) is 5.91 Å². The fraction of sp³-hybridized carbons (Fsp3) is 0.286. The molecule has 0 spiro atoms. The van der Waals surface area contributed by atoms with Gasteiger partial charge in [0.25, 0.3) is 0 Å². The quantitative estimate of drug-likeness (QED) is 0.143. The van der Waals surface area contributed by atoms with E-state index in [1.165, 1.54) is 12.2 Å². The minimum atomic E-state index is -2.79. The molecule has 0 fully saturated rings. The van der Waals surface area contributed by atoms with Gasteiger partial charge in [-0.05, 0) is 39.0 Å². The molecule has 1 amide bonds. The smallest absolute Gasteiger partial charge is 0.494 e. The fourth-order valence-electron chi connectivity index (χ4n) is 3.11. The zero-order chi connectivity index (χ0) is 28.9. The van der Waals surface area contributed by atoms with Crippen LogP contribution in [-0.4, -0.2) is 39.8 Å². The van der Waals surface area contributed by atoms with Crippen molar-refractivity contribution in [1.82, 2.24) is 20.2 Å². The Balaban J connectivity index is 0.000000437. The first-order chi connectivity index (χ1) is 18.6. The molecule has 0 aliphatic carbocycles. The predicted octanol–water partition coefficient (Wildman–Crippen LogP) is 6.92. The summed E-state index contributed by atoms with van der Waals surface area (Å²) >= 11 is 1.13. The number of nitrogens with one attached hydrogen (secondary N) is 1. The van der Waals surface area contributed by atoms with Crippen molar-refractivity contribution in [3.63, 3.8) is 0 Å². The van der Waals surface area contributed by atoms with Gasteiger partial charge in [0, 0.05) is 28.7 Å². The molecule has 0 aromatic carbocycles. The van der Waals surface area contributed by atoms with Crippen molar-refractivity contribution < 1.29 is 54.2 Å². The van der Waals surface area contributed by atoms with Gasteiger partial charge >= 0.3 is 37.7 Å². The number of hydrogen-bond donors (Lipinski definition) is 1. The number of carbonyl (C=O) groups excluding carboxylic acids is 1. The zero-order valence-corrected chi connectivity index (χ0v) is 28.2. The molecule has 3 heterocycles. The predicted molar refractivity (Wildman–Crippen MR) is 149 cm³/mol. The second-order valence-electron chi connectivity index (χ2n) is 8.11. The van der Waals surface area contributed by atoms with Gasteiger partial charge in [-0.25, -0.2) is 5.10 Å². The second kappa shape index (κ2) is 17.6. The van der Waals surface area contributed by atoms with Crippen molar-refractivity contribution in [3.05, 3.63) is 89.0 Å². The maximum absolute atomic E-state index is 12.6. The van der Waals surface area contributed by atoms with Gasteiger partial charge in [0.1, 0.15) is 11.5 Å². The van der Waals surface area contributed by atoms with Crippen LogP contribution in [0.4, 0.5) is 13.9 Å². The molecule has 0 radical (unpaired) electrons. The van der Waals surface area contributed by atoms with Crippen molar-refractivity contribution in [1.29, 1.82) is 0 Å². The van der Waals surface area contributed by atoms with Crippen LogP contribution in [0.25, 0.3) is 11.1 Å². The fourth-order valence-corrected chi connectivity index (χ4v) is 3.50. The third-order valence-corrected chi connectivity index (χ3v) is 5.93. The molecule has 1 N–H and O–H groups in total. The third kappa shape index (κ3) is 10.8. The molecule has 0 atom stereocenters. The van der Waals surface area contributed by atoms with Gasteiger partial charge in [-0.3, -0.25) is 31.2 Å². The number of aromatic nitrogens is 4. The summed E-state index contributed by atoms with van der Waals surface area (Å²) < 4.78 is 33.4. The Morgan fingerprint density at radius 1 is 1.18 bits per heavy atom. The number of halogens is 2. The molecule has 3 aromatic rings. The first-order valence-corrected chi connectivity index (χ1v) is 12.7. The van der Waals surface area contributed by atoms with E-state index in [0.717, 1.165) is 51.4 Å². The summed E-state index contributed by atoms with van der Waals surface area (Å²) in [6, 6.07) is 3.72. The molecule has 0 saturated carbocycles. The normalized spacial score (nSPS) is 11.8. The SMILES string of the molecule is COc1cnc(C)cc1-c1cc(C)ncc1C(=O)Nc1nn[c-]s1.[CH2-]C(/C=C\C(=C/C)OC(F)F)=C(\C)CC.[U+2]. The summed E-state index contributed by atoms with van der Waals surface area (Å²) in [6.45, 7) is 10.4. The number of allylic oxidation sites excluding steroid dienone is 5. The summed E-state index contributed by atoms with van der Waals surface area (Å²) in [5.41, 5.74) is 8.08. The van der Waals surface area contributed by atoms with Crippen LogP contribution < -0.4 is 10.1 Å². The summed E-state index contributed by atoms with van der Waals surface area (Å²) in [5, 5.41) is 10.4. The molecule has 40 heavy (non-hydrogen) atoms. The van der Waals surface area contributed by atoms with E-state index in [2.05, 4.69) is 42.7 Å². The Morgan fingerprint density at radius 3 is 2.38 bits per heavy atom. The number of anilines is 1. The van der Waals surface area contributed by atoms with Crippen LogP contribution in [0.2, 0.25) is 0 Å². The van der Waals surface area contributed by atoms with E-state index < -0.39 is 6.61 Å². The van der Waals surface area contributed by atoms with Crippen molar-refractivity contribution in [2.24, 2.45) is 0 Å². The maximum atomic E-state index is 12.6. The molecule has 0 unspecified atom stereocenters. The molecule has 0 aliphatic rings. The minimum absolute atomic E-state index is 0. The van der Waals surface area contributed by atoms with Crippen molar-refractivity contribution in [2.45, 2.75) is 47.7 Å². The largest absolute Gasteiger partial charge is 2.00 e. The molecular formula is C28H31F2N5O3SU. The molecule has 0 aliphatic heterocycles. The molecule has 0 saturated heterocycles. The van der Waals surface area contributed by atoms with E-state index in [1.807, 2.05) is 39.8 Å². The number of rotatable bonds is 9. The Morgan fingerprint density at radius 2 is 1.82 bits per heavy atom. The summed E-state index contributed by atoms with van der Waals surface area (Å²) in [6.07, 6.45) is 8.73. The van der Waals surface area contributed by atoms with E-state index >= 15 is 0 Å². The Labute approximate surface area is 261 Å². The number of hydrogen-bond acceptors (Lipinski definition) is 8. The van der Waals surface area contributed by atoms with E-state index in [1.54, 1.807) is 32.5 Å². The number of amides is 1. The monoisotopic (exact) mass is 793 g/mol. The molecule has 0 bridgehead atoms. The topological polar surface area (TPSA) is 99.1 Å².